The Hall–Kier alpha value is -1.62. The highest BCUT2D eigenvalue weighted by molar-refractivity contribution is 5.44. The highest BCUT2D eigenvalue weighted by Crippen LogP contribution is 2.31. The summed E-state index contributed by atoms with van der Waals surface area (Å²) in [6, 6.07) is 2.86. The van der Waals surface area contributed by atoms with Crippen LogP contribution in [-0.4, -0.2) is 22.2 Å². The molecule has 0 saturated heterocycles. The number of aliphatic hydroxyl groups is 1. The number of carbonyl (C=O) groups excluding carboxylic acids is 1. The van der Waals surface area contributed by atoms with Crippen molar-refractivity contribution in [2.75, 3.05) is 0 Å². The number of hydrogen-bond donors (Lipinski definition) is 1. The predicted octanol–water partition coefficient (Wildman–Crippen LogP) is 0.0793. The molecule has 5 heteroatoms. The number of rotatable bonds is 3. The molecule has 5 nitrogen and oxygen atoms in total. The van der Waals surface area contributed by atoms with Crippen molar-refractivity contribution >= 4 is 6.47 Å². The quantitative estimate of drug-likeness (QED) is 0.716. The van der Waals surface area contributed by atoms with E-state index in [0.717, 1.165) is 6.42 Å². The second kappa shape index (κ2) is 3.86. The summed E-state index contributed by atoms with van der Waals surface area (Å²) in [6.07, 6.45) is 2.59. The minimum Gasteiger partial charge on any atom is -0.423 e. The van der Waals surface area contributed by atoms with Gasteiger partial charge in [-0.2, -0.15) is 0 Å². The highest BCUT2D eigenvalue weighted by Gasteiger charge is 2.31. The zero-order valence-electron chi connectivity index (χ0n) is 8.00. The lowest BCUT2D eigenvalue weighted by molar-refractivity contribution is -0.120. The van der Waals surface area contributed by atoms with E-state index >= 15 is 0 Å². The fraction of sp³-hybridized carbons (Fsp3) is 0.400. The first kappa shape index (κ1) is 9.92. The molecule has 0 aromatic carbocycles. The Bertz CT molecular complexity index is 426. The van der Waals surface area contributed by atoms with Crippen molar-refractivity contribution in [2.24, 2.45) is 0 Å². The summed E-state index contributed by atoms with van der Waals surface area (Å²) in [4.78, 5) is 21.8. The van der Waals surface area contributed by atoms with Gasteiger partial charge < -0.3 is 14.4 Å². The van der Waals surface area contributed by atoms with Gasteiger partial charge >= 0.3 is 0 Å². The average molecular weight is 209 g/mol. The van der Waals surface area contributed by atoms with E-state index in [-0.39, 0.29) is 23.8 Å². The largest absolute Gasteiger partial charge is 0.423 e. The number of ether oxygens (including phenoxy) is 1. The normalized spacial score (nSPS) is 24.3. The minimum atomic E-state index is -0.478. The fourth-order valence-corrected chi connectivity index (χ4v) is 1.68. The molecule has 80 valence electrons. The van der Waals surface area contributed by atoms with Crippen LogP contribution < -0.4 is 10.3 Å². The molecule has 1 unspecified atom stereocenters. The lowest BCUT2D eigenvalue weighted by atomic mass is 9.89. The molecule has 2 rings (SSSR count). The van der Waals surface area contributed by atoms with Crippen LogP contribution in [0.3, 0.4) is 0 Å². The summed E-state index contributed by atoms with van der Waals surface area (Å²) in [5.74, 6) is -0.00778. The van der Waals surface area contributed by atoms with E-state index in [2.05, 4.69) is 4.74 Å². The van der Waals surface area contributed by atoms with Gasteiger partial charge in [-0.25, -0.2) is 0 Å². The molecule has 0 aliphatic heterocycles. The van der Waals surface area contributed by atoms with Crippen LogP contribution in [0, 0.1) is 0 Å². The summed E-state index contributed by atoms with van der Waals surface area (Å²) >= 11 is 0. The number of aromatic nitrogens is 1. The van der Waals surface area contributed by atoms with Crippen LogP contribution >= 0.6 is 0 Å². The summed E-state index contributed by atoms with van der Waals surface area (Å²) in [5.41, 5.74) is -0.381. The Morgan fingerprint density at radius 2 is 2.33 bits per heavy atom. The van der Waals surface area contributed by atoms with Crippen molar-refractivity contribution in [1.82, 2.24) is 4.57 Å². The second-order valence-electron chi connectivity index (χ2n) is 3.51. The van der Waals surface area contributed by atoms with Crippen molar-refractivity contribution in [1.29, 1.82) is 0 Å². The molecule has 0 bridgehead atoms. The Morgan fingerprint density at radius 1 is 1.53 bits per heavy atom. The predicted molar refractivity (Wildman–Crippen MR) is 51.7 cm³/mol. The molecule has 0 spiro atoms. The van der Waals surface area contributed by atoms with Gasteiger partial charge in [-0.05, 0) is 25.0 Å². The number of hydrogen-bond acceptors (Lipinski definition) is 4. The second-order valence-corrected chi connectivity index (χ2v) is 3.51. The molecule has 1 aromatic heterocycles. The SMILES string of the molecule is O=COc1cccn(C2CC[C@H]2O)c1=O. The molecular weight excluding hydrogens is 198 g/mol. The number of aliphatic hydroxyl groups excluding tert-OH is 1. The molecule has 2 atom stereocenters. The van der Waals surface area contributed by atoms with Gasteiger partial charge in [0.1, 0.15) is 0 Å². The summed E-state index contributed by atoms with van der Waals surface area (Å²) in [6.45, 7) is 0.221. The van der Waals surface area contributed by atoms with Gasteiger partial charge in [-0.1, -0.05) is 0 Å². The van der Waals surface area contributed by atoms with Crippen LogP contribution in [-0.2, 0) is 4.79 Å². The zero-order chi connectivity index (χ0) is 10.8. The van der Waals surface area contributed by atoms with E-state index < -0.39 is 6.10 Å². The van der Waals surface area contributed by atoms with E-state index in [1.165, 1.54) is 10.6 Å². The Morgan fingerprint density at radius 3 is 2.87 bits per heavy atom. The number of carbonyl (C=O) groups is 1. The van der Waals surface area contributed by atoms with Gasteiger partial charge in [0.15, 0.2) is 5.75 Å². The minimum absolute atomic E-state index is 0.00778. The Labute approximate surface area is 85.9 Å². The molecule has 1 fully saturated rings. The van der Waals surface area contributed by atoms with Crippen molar-refractivity contribution < 1.29 is 14.6 Å². The van der Waals surface area contributed by atoms with E-state index in [0.29, 0.717) is 6.42 Å². The van der Waals surface area contributed by atoms with Crippen molar-refractivity contribution in [3.05, 3.63) is 28.7 Å². The molecule has 1 N–H and O–H groups in total. The third-order valence-corrected chi connectivity index (χ3v) is 2.67. The lowest BCUT2D eigenvalue weighted by Gasteiger charge is -2.33. The van der Waals surface area contributed by atoms with Crippen molar-refractivity contribution in [2.45, 2.75) is 25.0 Å². The summed E-state index contributed by atoms with van der Waals surface area (Å²) in [5, 5.41) is 9.44. The molecule has 0 amide bonds. The monoisotopic (exact) mass is 209 g/mol. The van der Waals surface area contributed by atoms with Crippen LogP contribution in [0.2, 0.25) is 0 Å². The third-order valence-electron chi connectivity index (χ3n) is 2.67. The topological polar surface area (TPSA) is 68.5 Å². The van der Waals surface area contributed by atoms with Crippen LogP contribution in [0.5, 0.6) is 5.75 Å². The van der Waals surface area contributed by atoms with E-state index in [9.17, 15) is 14.7 Å². The standard InChI is InChI=1S/C10H11NO4/c12-6-15-9-2-1-5-11(10(9)14)7-3-4-8(7)13/h1-2,5-8,13H,3-4H2/t7?,8-/m1/s1. The van der Waals surface area contributed by atoms with Gasteiger partial charge in [0, 0.05) is 6.20 Å². The van der Waals surface area contributed by atoms with Gasteiger partial charge in [-0.3, -0.25) is 9.59 Å². The summed E-state index contributed by atoms with van der Waals surface area (Å²) in [7, 11) is 0. The maximum atomic E-state index is 11.7. The lowest BCUT2D eigenvalue weighted by Crippen LogP contribution is -2.39. The van der Waals surface area contributed by atoms with E-state index in [4.69, 9.17) is 0 Å². The number of nitrogens with zero attached hydrogens (tertiary/aromatic N) is 1. The van der Waals surface area contributed by atoms with Gasteiger partial charge in [-0.15, -0.1) is 0 Å². The third kappa shape index (κ3) is 1.66. The van der Waals surface area contributed by atoms with Gasteiger partial charge in [0.25, 0.3) is 12.0 Å². The first-order valence-electron chi connectivity index (χ1n) is 4.73. The highest BCUT2D eigenvalue weighted by atomic mass is 16.5. The average Bonchev–Trinajstić information content (AvgIpc) is 2.22. The molecule has 1 saturated carbocycles. The molecule has 1 aromatic rings. The molecule has 1 aliphatic rings. The van der Waals surface area contributed by atoms with E-state index in [1.807, 2.05) is 0 Å². The van der Waals surface area contributed by atoms with Crippen molar-refractivity contribution in [3.8, 4) is 5.75 Å². The maximum absolute atomic E-state index is 11.7. The first-order chi connectivity index (χ1) is 7.24. The van der Waals surface area contributed by atoms with Crippen LogP contribution in [0.15, 0.2) is 23.1 Å². The first-order valence-corrected chi connectivity index (χ1v) is 4.73. The van der Waals surface area contributed by atoms with Crippen LogP contribution in [0.25, 0.3) is 0 Å². The van der Waals surface area contributed by atoms with Crippen molar-refractivity contribution in [3.63, 3.8) is 0 Å². The molecule has 1 aliphatic carbocycles. The van der Waals surface area contributed by atoms with Crippen LogP contribution in [0.4, 0.5) is 0 Å². The maximum Gasteiger partial charge on any atom is 0.298 e. The van der Waals surface area contributed by atoms with Gasteiger partial charge in [0.05, 0.1) is 12.1 Å². The molecule has 0 radical (unpaired) electrons. The van der Waals surface area contributed by atoms with Crippen LogP contribution in [0.1, 0.15) is 18.9 Å². The van der Waals surface area contributed by atoms with E-state index in [1.54, 1.807) is 12.3 Å². The summed E-state index contributed by atoms with van der Waals surface area (Å²) < 4.78 is 5.95. The molecule has 15 heavy (non-hydrogen) atoms. The molecular formula is C10H11NO4. The smallest absolute Gasteiger partial charge is 0.298 e. The van der Waals surface area contributed by atoms with Gasteiger partial charge in [0.2, 0.25) is 0 Å². The molecule has 1 heterocycles. The Kier molecular flexibility index (Phi) is 2.55. The fourth-order valence-electron chi connectivity index (χ4n) is 1.68. The Balaban J connectivity index is 2.35. The zero-order valence-corrected chi connectivity index (χ0v) is 8.00. The number of pyridine rings is 1.